The van der Waals surface area contributed by atoms with Crippen molar-refractivity contribution in [3.63, 3.8) is 0 Å². The summed E-state index contributed by atoms with van der Waals surface area (Å²) in [7, 11) is 0. The zero-order valence-electron chi connectivity index (χ0n) is 21.2. The number of pyridine rings is 2. The number of rotatable bonds is 7. The lowest BCUT2D eigenvalue weighted by atomic mass is 10.0. The summed E-state index contributed by atoms with van der Waals surface area (Å²) in [5, 5.41) is 0. The average Bonchev–Trinajstić information content (AvgIpc) is 2.87. The van der Waals surface area contributed by atoms with E-state index in [0.717, 1.165) is 39.4 Å². The summed E-state index contributed by atoms with van der Waals surface area (Å²) in [5.41, 5.74) is 5.61. The summed E-state index contributed by atoms with van der Waals surface area (Å²) in [6.45, 7) is 7.63. The molecule has 4 aromatic rings. The Bertz CT molecular complexity index is 1300. The summed E-state index contributed by atoms with van der Waals surface area (Å²) in [4.78, 5) is 27.4. The van der Waals surface area contributed by atoms with Crippen molar-refractivity contribution in [2.45, 2.75) is 45.8 Å². The first-order chi connectivity index (χ1) is 17.3. The normalized spacial score (nSPS) is 12.0. The van der Waals surface area contributed by atoms with Gasteiger partial charge in [-0.2, -0.15) is 0 Å². The molecule has 2 aromatic heterocycles. The Morgan fingerprint density at radius 2 is 1.39 bits per heavy atom. The molecule has 0 amide bonds. The van der Waals surface area contributed by atoms with Gasteiger partial charge in [0.15, 0.2) is 6.04 Å². The molecule has 0 radical (unpaired) electrons. The molecule has 0 aliphatic rings. The van der Waals surface area contributed by atoms with E-state index in [1.54, 1.807) is 12.4 Å². The van der Waals surface area contributed by atoms with E-state index < -0.39 is 11.6 Å². The van der Waals surface area contributed by atoms with Crippen LogP contribution in [-0.2, 0) is 16.0 Å². The molecule has 0 saturated carbocycles. The molecule has 182 valence electrons. The maximum absolute atomic E-state index is 13.4. The molecule has 2 aromatic carbocycles. The second kappa shape index (κ2) is 11.1. The highest BCUT2D eigenvalue weighted by Gasteiger charge is 2.26. The number of carbonyl (C=O) groups excluding carboxylic acids is 1. The van der Waals surface area contributed by atoms with E-state index in [2.05, 4.69) is 9.97 Å². The number of ether oxygens (including phenoxy) is 1. The van der Waals surface area contributed by atoms with E-state index in [4.69, 9.17) is 9.73 Å². The van der Waals surface area contributed by atoms with E-state index in [9.17, 15) is 4.79 Å². The van der Waals surface area contributed by atoms with Gasteiger partial charge in [0.25, 0.3) is 0 Å². The molecule has 0 bridgehead atoms. The molecule has 4 rings (SSSR count). The van der Waals surface area contributed by atoms with Crippen LogP contribution in [-0.4, -0.2) is 33.3 Å². The van der Waals surface area contributed by atoms with Gasteiger partial charge >= 0.3 is 5.97 Å². The quantitative estimate of drug-likeness (QED) is 0.233. The van der Waals surface area contributed by atoms with Crippen molar-refractivity contribution in [1.29, 1.82) is 0 Å². The molecule has 36 heavy (non-hydrogen) atoms. The Hall–Kier alpha value is -4.12. The number of aromatic nitrogens is 2. The van der Waals surface area contributed by atoms with Crippen molar-refractivity contribution in [2.24, 2.45) is 4.99 Å². The maximum Gasteiger partial charge on any atom is 0.331 e. The summed E-state index contributed by atoms with van der Waals surface area (Å²) in [6.07, 6.45) is 3.90. The Morgan fingerprint density at radius 1 is 0.833 bits per heavy atom. The van der Waals surface area contributed by atoms with Gasteiger partial charge in [-0.05, 0) is 63.1 Å². The predicted octanol–water partition coefficient (Wildman–Crippen LogP) is 6.24. The second-order valence-electron chi connectivity index (χ2n) is 9.73. The van der Waals surface area contributed by atoms with Crippen LogP contribution in [0.4, 0.5) is 0 Å². The van der Waals surface area contributed by atoms with Crippen LogP contribution in [0.25, 0.3) is 11.4 Å². The fourth-order valence-corrected chi connectivity index (χ4v) is 3.86. The average molecular weight is 478 g/mol. The first-order valence-corrected chi connectivity index (χ1v) is 12.1. The summed E-state index contributed by atoms with van der Waals surface area (Å²) >= 11 is 0. The predicted molar refractivity (Wildman–Crippen MR) is 144 cm³/mol. The summed E-state index contributed by atoms with van der Waals surface area (Å²) in [5.74, 6) is -0.362. The van der Waals surface area contributed by atoms with Crippen molar-refractivity contribution < 1.29 is 9.53 Å². The van der Waals surface area contributed by atoms with Gasteiger partial charge in [0.2, 0.25) is 0 Å². The third-order valence-corrected chi connectivity index (χ3v) is 5.49. The highest BCUT2D eigenvalue weighted by atomic mass is 16.6. The number of carbonyl (C=O) groups is 1. The van der Waals surface area contributed by atoms with Crippen molar-refractivity contribution in [3.8, 4) is 11.4 Å². The molecular weight excluding hydrogens is 446 g/mol. The lowest BCUT2D eigenvalue weighted by molar-refractivity contribution is -0.156. The van der Waals surface area contributed by atoms with Gasteiger partial charge in [-0.3, -0.25) is 15.0 Å². The fraction of sp³-hybridized carbons (Fsp3) is 0.226. The number of esters is 1. The van der Waals surface area contributed by atoms with Crippen LogP contribution in [0, 0.1) is 6.92 Å². The van der Waals surface area contributed by atoms with Crippen molar-refractivity contribution in [3.05, 3.63) is 120 Å². The molecule has 2 heterocycles. The van der Waals surface area contributed by atoms with E-state index in [0.29, 0.717) is 6.42 Å². The summed E-state index contributed by atoms with van der Waals surface area (Å²) in [6, 6.07) is 27.0. The molecule has 1 atom stereocenters. The topological polar surface area (TPSA) is 64.4 Å². The van der Waals surface area contributed by atoms with Crippen LogP contribution >= 0.6 is 0 Å². The van der Waals surface area contributed by atoms with Crippen LogP contribution in [0.3, 0.4) is 0 Å². The van der Waals surface area contributed by atoms with Gasteiger partial charge in [-0.15, -0.1) is 0 Å². The number of hydrogen-bond donors (Lipinski definition) is 0. The Balaban J connectivity index is 1.76. The molecule has 0 N–H and O–H groups in total. The standard InChI is InChI=1S/C31H31N3O2/c1-22-15-17-32-26(19-22)27-20-23(16-18-33-27)21-28(30(35)36-31(2,3)4)34-29(24-11-7-5-8-12-24)25-13-9-6-10-14-25/h5-20,28H,21H2,1-4H3. The molecule has 5 heteroatoms. The molecule has 0 spiro atoms. The van der Waals surface area contributed by atoms with E-state index in [1.165, 1.54) is 0 Å². The number of aryl methyl sites for hydroxylation is 1. The van der Waals surface area contributed by atoms with E-state index >= 15 is 0 Å². The highest BCUT2D eigenvalue weighted by Crippen LogP contribution is 2.21. The Morgan fingerprint density at radius 3 is 1.94 bits per heavy atom. The molecule has 1 unspecified atom stereocenters. The van der Waals surface area contributed by atoms with Crippen LogP contribution < -0.4 is 0 Å². The minimum Gasteiger partial charge on any atom is -0.458 e. The number of benzene rings is 2. The van der Waals surface area contributed by atoms with Crippen molar-refractivity contribution in [2.75, 3.05) is 0 Å². The number of hydrogen-bond acceptors (Lipinski definition) is 5. The van der Waals surface area contributed by atoms with Crippen LogP contribution in [0.1, 0.15) is 43.0 Å². The highest BCUT2D eigenvalue weighted by molar-refractivity contribution is 6.13. The number of nitrogens with zero attached hydrogens (tertiary/aromatic N) is 3. The molecule has 0 saturated heterocycles. The first-order valence-electron chi connectivity index (χ1n) is 12.1. The molecule has 5 nitrogen and oxygen atoms in total. The maximum atomic E-state index is 13.4. The largest absolute Gasteiger partial charge is 0.458 e. The van der Waals surface area contributed by atoms with Crippen LogP contribution in [0.5, 0.6) is 0 Å². The van der Waals surface area contributed by atoms with E-state index in [-0.39, 0.29) is 5.97 Å². The summed E-state index contributed by atoms with van der Waals surface area (Å²) < 4.78 is 5.80. The van der Waals surface area contributed by atoms with Crippen LogP contribution in [0.15, 0.2) is 102 Å². The molecule has 0 fully saturated rings. The van der Waals surface area contributed by atoms with Crippen LogP contribution in [0.2, 0.25) is 0 Å². The van der Waals surface area contributed by atoms with Gasteiger partial charge in [0, 0.05) is 29.9 Å². The minimum atomic E-state index is -0.736. The molecule has 0 aliphatic carbocycles. The zero-order chi connectivity index (χ0) is 25.5. The van der Waals surface area contributed by atoms with Gasteiger partial charge in [-0.25, -0.2) is 4.79 Å². The lowest BCUT2D eigenvalue weighted by Crippen LogP contribution is -2.33. The fourth-order valence-electron chi connectivity index (χ4n) is 3.86. The Labute approximate surface area is 212 Å². The van der Waals surface area contributed by atoms with Crippen molar-refractivity contribution in [1.82, 2.24) is 9.97 Å². The minimum absolute atomic E-state index is 0.362. The van der Waals surface area contributed by atoms with Gasteiger partial charge in [-0.1, -0.05) is 60.7 Å². The SMILES string of the molecule is Cc1ccnc(-c2cc(CC(N=C(c3ccccc3)c3ccccc3)C(=O)OC(C)(C)C)ccn2)c1. The third kappa shape index (κ3) is 6.72. The lowest BCUT2D eigenvalue weighted by Gasteiger charge is -2.23. The molecule has 0 aliphatic heterocycles. The third-order valence-electron chi connectivity index (χ3n) is 5.49. The molecular formula is C31H31N3O2. The van der Waals surface area contributed by atoms with Gasteiger partial charge in [0.05, 0.1) is 17.1 Å². The van der Waals surface area contributed by atoms with Gasteiger partial charge in [0.1, 0.15) is 5.60 Å². The van der Waals surface area contributed by atoms with Crippen molar-refractivity contribution >= 4 is 11.7 Å². The number of aliphatic imine (C=N–C) groups is 1. The zero-order valence-corrected chi connectivity index (χ0v) is 21.2. The monoisotopic (exact) mass is 477 g/mol. The first kappa shape index (κ1) is 25.0. The van der Waals surface area contributed by atoms with Gasteiger partial charge < -0.3 is 4.74 Å². The Kier molecular flexibility index (Phi) is 7.69. The van der Waals surface area contributed by atoms with E-state index in [1.807, 2.05) is 113 Å². The second-order valence-corrected chi connectivity index (χ2v) is 9.73. The smallest absolute Gasteiger partial charge is 0.331 e.